The van der Waals surface area contributed by atoms with Crippen LogP contribution in [-0.4, -0.2) is 15.0 Å². The number of hydrogen-bond donors (Lipinski definition) is 1. The summed E-state index contributed by atoms with van der Waals surface area (Å²) in [6.45, 7) is 1.44. The summed E-state index contributed by atoms with van der Waals surface area (Å²) in [4.78, 5) is -0.421. The predicted molar refractivity (Wildman–Crippen MR) is 61.1 cm³/mol. The summed E-state index contributed by atoms with van der Waals surface area (Å²) in [6, 6.07) is 6.73. The topological polar surface area (TPSA) is 93.8 Å². The van der Waals surface area contributed by atoms with Crippen LogP contribution in [0.4, 0.5) is 4.39 Å². The molecule has 0 aliphatic heterocycles. The predicted octanol–water partition coefficient (Wildman–Crippen LogP) is 1.14. The average Bonchev–Trinajstić information content (AvgIpc) is 2.35. The molecule has 0 aliphatic carbocycles. The van der Waals surface area contributed by atoms with E-state index in [0.29, 0.717) is 0 Å². The highest BCUT2D eigenvalue weighted by Crippen LogP contribution is 2.17. The van der Waals surface area contributed by atoms with E-state index in [1.165, 1.54) is 12.1 Å². The summed E-state index contributed by atoms with van der Waals surface area (Å²) >= 11 is 0. The highest BCUT2D eigenvalue weighted by atomic mass is 32.2. The maximum absolute atomic E-state index is 13.3. The number of nitrogens with zero attached hydrogens (tertiary/aromatic N) is 2. The van der Waals surface area contributed by atoms with E-state index in [1.807, 2.05) is 6.07 Å². The SMILES string of the molecule is CC(C#N)CNS(=O)(=O)c1cccc(F)c1C#N. The summed E-state index contributed by atoms with van der Waals surface area (Å²) in [5.41, 5.74) is -0.533. The molecule has 94 valence electrons. The molecule has 1 N–H and O–H groups in total. The molecule has 0 aliphatic rings. The van der Waals surface area contributed by atoms with Crippen LogP contribution >= 0.6 is 0 Å². The van der Waals surface area contributed by atoms with Crippen LogP contribution in [0.2, 0.25) is 0 Å². The number of nitrogens with one attached hydrogen (secondary N) is 1. The summed E-state index contributed by atoms with van der Waals surface area (Å²) in [5.74, 6) is -1.41. The van der Waals surface area contributed by atoms with Crippen molar-refractivity contribution in [2.24, 2.45) is 5.92 Å². The van der Waals surface area contributed by atoms with Gasteiger partial charge in [0.1, 0.15) is 22.3 Å². The molecule has 1 unspecified atom stereocenters. The average molecular weight is 267 g/mol. The monoisotopic (exact) mass is 267 g/mol. The maximum atomic E-state index is 13.3. The third-order valence-corrected chi connectivity index (χ3v) is 3.64. The first-order chi connectivity index (χ1) is 8.42. The Bertz CT molecular complexity index is 629. The molecule has 1 rings (SSSR count). The molecule has 1 atom stereocenters. The lowest BCUT2D eigenvalue weighted by Crippen LogP contribution is -2.28. The molecule has 0 radical (unpaired) electrons. The Kier molecular flexibility index (Phi) is 4.38. The van der Waals surface area contributed by atoms with E-state index < -0.39 is 32.2 Å². The lowest BCUT2D eigenvalue weighted by Gasteiger charge is -2.09. The van der Waals surface area contributed by atoms with Crippen LogP contribution in [0.25, 0.3) is 0 Å². The zero-order chi connectivity index (χ0) is 13.8. The minimum atomic E-state index is -3.99. The number of rotatable bonds is 4. The van der Waals surface area contributed by atoms with Gasteiger partial charge in [-0.3, -0.25) is 0 Å². The van der Waals surface area contributed by atoms with Gasteiger partial charge in [0.05, 0.1) is 12.0 Å². The van der Waals surface area contributed by atoms with E-state index in [4.69, 9.17) is 10.5 Å². The van der Waals surface area contributed by atoms with Crippen LogP contribution in [-0.2, 0) is 10.0 Å². The van der Waals surface area contributed by atoms with Crippen LogP contribution in [0, 0.1) is 34.4 Å². The standard InChI is InChI=1S/C11H10FN3O2S/c1-8(5-13)7-15-18(16,17)11-4-2-3-10(12)9(11)6-14/h2-4,8,15H,7H2,1H3. The van der Waals surface area contributed by atoms with E-state index in [2.05, 4.69) is 4.72 Å². The van der Waals surface area contributed by atoms with Crippen LogP contribution in [0.15, 0.2) is 23.1 Å². The molecular weight excluding hydrogens is 257 g/mol. The molecule has 0 heterocycles. The normalized spacial score (nSPS) is 12.4. The number of halogens is 1. The number of nitriles is 2. The molecule has 1 aromatic rings. The second kappa shape index (κ2) is 5.58. The molecule has 1 aromatic carbocycles. The first kappa shape index (κ1) is 14.1. The van der Waals surface area contributed by atoms with E-state index in [0.717, 1.165) is 12.1 Å². The van der Waals surface area contributed by atoms with Crippen LogP contribution in [0.3, 0.4) is 0 Å². The van der Waals surface area contributed by atoms with Crippen molar-refractivity contribution in [2.75, 3.05) is 6.54 Å². The van der Waals surface area contributed by atoms with Gasteiger partial charge in [0, 0.05) is 6.54 Å². The summed E-state index contributed by atoms with van der Waals surface area (Å²) in [6.07, 6.45) is 0. The summed E-state index contributed by atoms with van der Waals surface area (Å²) in [7, 11) is -3.99. The van der Waals surface area contributed by atoms with Crippen molar-refractivity contribution in [1.29, 1.82) is 10.5 Å². The molecule has 18 heavy (non-hydrogen) atoms. The van der Waals surface area contributed by atoms with E-state index in [9.17, 15) is 12.8 Å². The maximum Gasteiger partial charge on any atom is 0.242 e. The van der Waals surface area contributed by atoms with Gasteiger partial charge in [0.15, 0.2) is 0 Å². The van der Waals surface area contributed by atoms with Crippen molar-refractivity contribution < 1.29 is 12.8 Å². The fraction of sp³-hybridized carbons (Fsp3) is 0.273. The fourth-order valence-corrected chi connectivity index (χ4v) is 2.49. The largest absolute Gasteiger partial charge is 0.242 e. The van der Waals surface area contributed by atoms with Crippen LogP contribution < -0.4 is 4.72 Å². The first-order valence-corrected chi connectivity index (χ1v) is 6.48. The molecular formula is C11H10FN3O2S. The van der Waals surface area contributed by atoms with Gasteiger partial charge in [0.25, 0.3) is 0 Å². The Labute approximate surface area is 105 Å². The number of benzene rings is 1. The Morgan fingerprint density at radius 3 is 2.67 bits per heavy atom. The molecule has 7 heteroatoms. The lowest BCUT2D eigenvalue weighted by molar-refractivity contribution is 0.568. The van der Waals surface area contributed by atoms with Gasteiger partial charge >= 0.3 is 0 Å². The molecule has 0 aromatic heterocycles. The quantitative estimate of drug-likeness (QED) is 0.884. The van der Waals surface area contributed by atoms with Gasteiger partial charge in [0.2, 0.25) is 10.0 Å². The van der Waals surface area contributed by atoms with Crippen molar-refractivity contribution in [2.45, 2.75) is 11.8 Å². The second-order valence-electron chi connectivity index (χ2n) is 3.61. The first-order valence-electron chi connectivity index (χ1n) is 5.00. The highest BCUT2D eigenvalue weighted by Gasteiger charge is 2.21. The molecule has 0 amide bonds. The van der Waals surface area contributed by atoms with Gasteiger partial charge in [-0.15, -0.1) is 0 Å². The zero-order valence-electron chi connectivity index (χ0n) is 9.51. The third kappa shape index (κ3) is 3.04. The molecule has 0 spiro atoms. The fourth-order valence-electron chi connectivity index (χ4n) is 1.19. The molecule has 0 bridgehead atoms. The van der Waals surface area contributed by atoms with Gasteiger partial charge in [-0.25, -0.2) is 17.5 Å². The molecule has 0 fully saturated rings. The minimum Gasteiger partial charge on any atom is -0.210 e. The summed E-state index contributed by atoms with van der Waals surface area (Å²) in [5, 5.41) is 17.3. The molecule has 5 nitrogen and oxygen atoms in total. The van der Waals surface area contributed by atoms with Crippen LogP contribution in [0.5, 0.6) is 0 Å². The van der Waals surface area contributed by atoms with Gasteiger partial charge < -0.3 is 0 Å². The second-order valence-corrected chi connectivity index (χ2v) is 5.34. The van der Waals surface area contributed by atoms with E-state index >= 15 is 0 Å². The van der Waals surface area contributed by atoms with Crippen molar-refractivity contribution in [1.82, 2.24) is 4.72 Å². The third-order valence-electron chi connectivity index (χ3n) is 2.18. The Morgan fingerprint density at radius 1 is 1.44 bits per heavy atom. The molecule has 0 saturated heterocycles. The van der Waals surface area contributed by atoms with Crippen molar-refractivity contribution in [3.05, 3.63) is 29.6 Å². The van der Waals surface area contributed by atoms with Gasteiger partial charge in [-0.2, -0.15) is 10.5 Å². The van der Waals surface area contributed by atoms with Crippen molar-refractivity contribution >= 4 is 10.0 Å². The smallest absolute Gasteiger partial charge is 0.210 e. The Hall–Kier alpha value is -1.96. The van der Waals surface area contributed by atoms with E-state index in [1.54, 1.807) is 6.92 Å². The van der Waals surface area contributed by atoms with E-state index in [-0.39, 0.29) is 6.54 Å². The van der Waals surface area contributed by atoms with Gasteiger partial charge in [-0.05, 0) is 19.1 Å². The Balaban J connectivity index is 3.11. The highest BCUT2D eigenvalue weighted by molar-refractivity contribution is 7.89. The van der Waals surface area contributed by atoms with Gasteiger partial charge in [-0.1, -0.05) is 6.07 Å². The molecule has 0 saturated carbocycles. The van der Waals surface area contributed by atoms with Crippen molar-refractivity contribution in [3.63, 3.8) is 0 Å². The summed E-state index contributed by atoms with van der Waals surface area (Å²) < 4.78 is 39.1. The minimum absolute atomic E-state index is 0.0970. The van der Waals surface area contributed by atoms with Crippen LogP contribution in [0.1, 0.15) is 12.5 Å². The zero-order valence-corrected chi connectivity index (χ0v) is 10.3. The van der Waals surface area contributed by atoms with Crippen molar-refractivity contribution in [3.8, 4) is 12.1 Å². The number of sulfonamides is 1. The Morgan fingerprint density at radius 2 is 2.11 bits per heavy atom. The lowest BCUT2D eigenvalue weighted by atomic mass is 10.2. The number of hydrogen-bond acceptors (Lipinski definition) is 4.